The van der Waals surface area contributed by atoms with E-state index in [0.29, 0.717) is 10.9 Å². The molecule has 29 heavy (non-hydrogen) atoms. The summed E-state index contributed by atoms with van der Waals surface area (Å²) in [7, 11) is 1.59. The fourth-order valence-electron chi connectivity index (χ4n) is 2.43. The van der Waals surface area contributed by atoms with E-state index in [0.717, 1.165) is 16.8 Å². The molecule has 3 aromatic rings. The predicted molar refractivity (Wildman–Crippen MR) is 115 cm³/mol. The van der Waals surface area contributed by atoms with Crippen molar-refractivity contribution in [1.82, 2.24) is 14.9 Å². The standard InChI is InChI=1S/C19H21N7O2S/c1-13-6-5-8-15(10-13)22-17(27)12-29-19-25-24-18(26(19)20)23-21-11-14-7-3-4-9-16(14)28-2/h3-11H,12,20H2,1-2H3,(H,22,27)(H,23,24)/b21-11+. The number of ether oxygens (including phenoxy) is 1. The molecule has 0 radical (unpaired) electrons. The van der Waals surface area contributed by atoms with Gasteiger partial charge in [-0.1, -0.05) is 36.0 Å². The smallest absolute Gasteiger partial charge is 0.264 e. The minimum absolute atomic E-state index is 0.147. The first-order valence-electron chi connectivity index (χ1n) is 8.68. The molecule has 0 bridgehead atoms. The lowest BCUT2D eigenvalue weighted by Gasteiger charge is -2.06. The molecule has 0 spiro atoms. The van der Waals surface area contributed by atoms with Gasteiger partial charge in [-0.25, -0.2) is 10.1 Å². The maximum absolute atomic E-state index is 12.1. The third kappa shape index (κ3) is 5.48. The number of hydrazone groups is 1. The Kier molecular flexibility index (Phi) is 6.69. The second kappa shape index (κ2) is 9.60. The van der Waals surface area contributed by atoms with Crippen molar-refractivity contribution in [3.05, 3.63) is 59.7 Å². The van der Waals surface area contributed by atoms with Crippen LogP contribution >= 0.6 is 11.8 Å². The highest BCUT2D eigenvalue weighted by Gasteiger charge is 2.12. The van der Waals surface area contributed by atoms with Gasteiger partial charge >= 0.3 is 0 Å². The molecule has 0 unspecified atom stereocenters. The van der Waals surface area contributed by atoms with Gasteiger partial charge in [0.25, 0.3) is 5.95 Å². The van der Waals surface area contributed by atoms with E-state index in [1.54, 1.807) is 13.3 Å². The molecule has 1 heterocycles. The number of amides is 1. The van der Waals surface area contributed by atoms with E-state index in [1.807, 2.05) is 55.5 Å². The van der Waals surface area contributed by atoms with Gasteiger partial charge in [0.1, 0.15) is 5.75 Å². The number of nitrogens with one attached hydrogen (secondary N) is 2. The van der Waals surface area contributed by atoms with Crippen LogP contribution < -0.4 is 21.3 Å². The Labute approximate surface area is 172 Å². The number of carbonyl (C=O) groups excluding carboxylic acids is 1. The number of anilines is 2. The topological polar surface area (TPSA) is 119 Å². The van der Waals surface area contributed by atoms with Crippen LogP contribution in [0.25, 0.3) is 0 Å². The molecule has 0 aliphatic heterocycles. The maximum Gasteiger partial charge on any atom is 0.264 e. The number of rotatable bonds is 8. The number of methoxy groups -OCH3 is 1. The number of hydrogen-bond donors (Lipinski definition) is 3. The van der Waals surface area contributed by atoms with Crippen molar-refractivity contribution in [3.63, 3.8) is 0 Å². The molecule has 1 amide bonds. The van der Waals surface area contributed by atoms with Gasteiger partial charge in [-0.2, -0.15) is 5.10 Å². The molecule has 1 aromatic heterocycles. The van der Waals surface area contributed by atoms with Crippen LogP contribution in [0.4, 0.5) is 11.6 Å². The summed E-state index contributed by atoms with van der Waals surface area (Å²) < 4.78 is 6.50. The molecule has 0 saturated carbocycles. The molecule has 0 aliphatic carbocycles. The molecule has 0 fully saturated rings. The fraction of sp³-hybridized carbons (Fsp3) is 0.158. The van der Waals surface area contributed by atoms with Crippen LogP contribution in [0.1, 0.15) is 11.1 Å². The van der Waals surface area contributed by atoms with Crippen molar-refractivity contribution in [3.8, 4) is 5.75 Å². The van der Waals surface area contributed by atoms with Crippen LogP contribution in [0.3, 0.4) is 0 Å². The maximum atomic E-state index is 12.1. The molecule has 10 heteroatoms. The molecule has 150 valence electrons. The highest BCUT2D eigenvalue weighted by molar-refractivity contribution is 7.99. The van der Waals surface area contributed by atoms with E-state index < -0.39 is 0 Å². The highest BCUT2D eigenvalue weighted by Crippen LogP contribution is 2.18. The highest BCUT2D eigenvalue weighted by atomic mass is 32.2. The number of hydrogen-bond acceptors (Lipinski definition) is 8. The van der Waals surface area contributed by atoms with E-state index >= 15 is 0 Å². The molecule has 3 rings (SSSR count). The molecule has 9 nitrogen and oxygen atoms in total. The van der Waals surface area contributed by atoms with Gasteiger partial charge in [0.2, 0.25) is 11.1 Å². The third-order valence-corrected chi connectivity index (χ3v) is 4.75. The molecule has 2 aromatic carbocycles. The lowest BCUT2D eigenvalue weighted by molar-refractivity contribution is -0.113. The summed E-state index contributed by atoms with van der Waals surface area (Å²) in [6.45, 7) is 1.96. The first-order chi connectivity index (χ1) is 14.1. The van der Waals surface area contributed by atoms with Crippen molar-refractivity contribution >= 4 is 35.5 Å². The Hall–Kier alpha value is -3.53. The summed E-state index contributed by atoms with van der Waals surface area (Å²) in [6.07, 6.45) is 1.59. The Bertz CT molecular complexity index is 1020. The number of aryl methyl sites for hydroxylation is 1. The minimum Gasteiger partial charge on any atom is -0.496 e. The number of aromatic nitrogens is 3. The molecule has 0 aliphatic rings. The summed E-state index contributed by atoms with van der Waals surface area (Å²) in [5.41, 5.74) is 5.35. The first kappa shape index (κ1) is 20.2. The molecular weight excluding hydrogens is 390 g/mol. The number of thioether (sulfide) groups is 1. The van der Waals surface area contributed by atoms with Crippen molar-refractivity contribution < 1.29 is 9.53 Å². The zero-order valence-electron chi connectivity index (χ0n) is 16.0. The van der Waals surface area contributed by atoms with E-state index in [-0.39, 0.29) is 17.6 Å². The van der Waals surface area contributed by atoms with Gasteiger partial charge < -0.3 is 15.9 Å². The number of para-hydroxylation sites is 1. The number of benzene rings is 2. The molecule has 0 atom stereocenters. The average molecular weight is 411 g/mol. The number of nitrogens with zero attached hydrogens (tertiary/aromatic N) is 4. The fourth-order valence-corrected chi connectivity index (χ4v) is 3.09. The van der Waals surface area contributed by atoms with E-state index in [9.17, 15) is 4.79 Å². The third-order valence-electron chi connectivity index (χ3n) is 3.81. The van der Waals surface area contributed by atoms with Crippen molar-refractivity contribution in [2.24, 2.45) is 5.10 Å². The van der Waals surface area contributed by atoms with Gasteiger partial charge in [0.05, 0.1) is 19.1 Å². The number of carbonyl (C=O) groups is 1. The summed E-state index contributed by atoms with van der Waals surface area (Å²) in [5.74, 6) is 6.91. The zero-order valence-corrected chi connectivity index (χ0v) is 16.8. The van der Waals surface area contributed by atoms with Crippen LogP contribution in [-0.2, 0) is 4.79 Å². The Morgan fingerprint density at radius 3 is 2.90 bits per heavy atom. The monoisotopic (exact) mass is 411 g/mol. The van der Waals surface area contributed by atoms with Gasteiger partial charge in [-0.15, -0.1) is 10.2 Å². The van der Waals surface area contributed by atoms with Crippen LogP contribution in [0.15, 0.2) is 58.8 Å². The normalized spacial score (nSPS) is 10.8. The second-order valence-corrected chi connectivity index (χ2v) is 6.94. The molecular formula is C19H21N7O2S. The summed E-state index contributed by atoms with van der Waals surface area (Å²) >= 11 is 1.18. The predicted octanol–water partition coefficient (Wildman–Crippen LogP) is 2.49. The molecule has 4 N–H and O–H groups in total. The average Bonchev–Trinajstić information content (AvgIpc) is 3.06. The SMILES string of the molecule is COc1ccccc1/C=N/Nc1nnc(SCC(=O)Nc2cccc(C)c2)n1N. The van der Waals surface area contributed by atoms with Gasteiger partial charge in [0, 0.05) is 11.3 Å². The Balaban J connectivity index is 1.55. The van der Waals surface area contributed by atoms with Crippen LogP contribution in [0.2, 0.25) is 0 Å². The lowest BCUT2D eigenvalue weighted by Crippen LogP contribution is -2.16. The first-order valence-corrected chi connectivity index (χ1v) is 9.67. The Morgan fingerprint density at radius 1 is 1.28 bits per heavy atom. The van der Waals surface area contributed by atoms with Crippen LogP contribution in [0, 0.1) is 6.92 Å². The van der Waals surface area contributed by atoms with Crippen molar-refractivity contribution in [2.75, 3.05) is 29.4 Å². The second-order valence-electron chi connectivity index (χ2n) is 5.99. The van der Waals surface area contributed by atoms with E-state index in [1.165, 1.54) is 16.4 Å². The van der Waals surface area contributed by atoms with Gasteiger partial charge in [0.15, 0.2) is 0 Å². The number of nitrogen functional groups attached to an aromatic ring is 1. The van der Waals surface area contributed by atoms with E-state index in [2.05, 4.69) is 26.0 Å². The van der Waals surface area contributed by atoms with Crippen LogP contribution in [0.5, 0.6) is 5.75 Å². The quantitative estimate of drug-likeness (QED) is 0.225. The zero-order chi connectivity index (χ0) is 20.6. The van der Waals surface area contributed by atoms with Crippen molar-refractivity contribution in [2.45, 2.75) is 12.1 Å². The van der Waals surface area contributed by atoms with Gasteiger partial charge in [-0.05, 0) is 36.8 Å². The largest absolute Gasteiger partial charge is 0.496 e. The summed E-state index contributed by atoms with van der Waals surface area (Å²) in [5, 5.41) is 15.2. The summed E-state index contributed by atoms with van der Waals surface area (Å²) in [4.78, 5) is 12.1. The minimum atomic E-state index is -0.160. The Morgan fingerprint density at radius 2 is 2.10 bits per heavy atom. The number of nitrogens with two attached hydrogens (primary N) is 1. The van der Waals surface area contributed by atoms with Crippen LogP contribution in [-0.4, -0.2) is 39.9 Å². The lowest BCUT2D eigenvalue weighted by atomic mass is 10.2. The molecule has 0 saturated heterocycles. The van der Waals surface area contributed by atoms with Crippen molar-refractivity contribution in [1.29, 1.82) is 0 Å². The van der Waals surface area contributed by atoms with Gasteiger partial charge in [-0.3, -0.25) is 4.79 Å². The summed E-state index contributed by atoms with van der Waals surface area (Å²) in [6, 6.07) is 15.0. The van der Waals surface area contributed by atoms with E-state index in [4.69, 9.17) is 10.6 Å².